The average molecular weight is 346 g/mol. The highest BCUT2D eigenvalue weighted by Gasteiger charge is 1.94. The summed E-state index contributed by atoms with van der Waals surface area (Å²) >= 11 is 3.49. The topological polar surface area (TPSA) is 0 Å². The van der Waals surface area contributed by atoms with Gasteiger partial charge in [-0.05, 0) is 12.8 Å². The number of unbranched alkanes of at least 4 members (excludes halogenated alkanes) is 16. The van der Waals surface area contributed by atoms with Crippen molar-refractivity contribution in [1.29, 1.82) is 0 Å². The summed E-state index contributed by atoms with van der Waals surface area (Å²) < 4.78 is 0. The van der Waals surface area contributed by atoms with Gasteiger partial charge in [0.05, 0.1) is 0 Å². The lowest BCUT2D eigenvalue weighted by Gasteiger charge is -2.03. The van der Waals surface area contributed by atoms with E-state index in [9.17, 15) is 0 Å². The Balaban J connectivity index is 2.89. The quantitative estimate of drug-likeness (QED) is 0.186. The molecule has 0 bridgehead atoms. The van der Waals surface area contributed by atoms with Crippen LogP contribution in [0.25, 0.3) is 0 Å². The zero-order valence-corrected chi connectivity index (χ0v) is 15.6. The lowest BCUT2D eigenvalue weighted by atomic mass is 10.0. The van der Waals surface area contributed by atoms with Gasteiger partial charge in [-0.1, -0.05) is 119 Å². The van der Waals surface area contributed by atoms with Crippen LogP contribution in [0.15, 0.2) is 0 Å². The molecule has 0 atom stereocenters. The fourth-order valence-corrected chi connectivity index (χ4v) is 3.05. The number of alkyl halides is 1. The molecule has 0 aliphatic heterocycles. The third-order valence-electron chi connectivity index (χ3n) is 4.05. The number of hydrogen-bond donors (Lipinski definition) is 0. The number of halogens is 1. The second-order valence-electron chi connectivity index (χ2n) is 6.15. The predicted molar refractivity (Wildman–Crippen MR) is 97.6 cm³/mol. The first-order valence-corrected chi connectivity index (χ1v) is 10.4. The van der Waals surface area contributed by atoms with Crippen molar-refractivity contribution in [2.24, 2.45) is 0 Å². The van der Waals surface area contributed by atoms with Gasteiger partial charge in [0.1, 0.15) is 0 Å². The lowest BCUT2D eigenvalue weighted by Crippen LogP contribution is -1.84. The van der Waals surface area contributed by atoms with Crippen LogP contribution in [0.5, 0.6) is 0 Å². The van der Waals surface area contributed by atoms with Crippen molar-refractivity contribution in [3.63, 3.8) is 0 Å². The Labute approximate surface area is 137 Å². The van der Waals surface area contributed by atoms with Crippen molar-refractivity contribution in [1.82, 2.24) is 0 Å². The van der Waals surface area contributed by atoms with E-state index in [0.717, 1.165) is 0 Å². The van der Waals surface area contributed by atoms with Crippen molar-refractivity contribution < 1.29 is 0 Å². The minimum absolute atomic E-state index is 1.18. The molecule has 0 aromatic carbocycles. The van der Waals surface area contributed by atoms with E-state index in [1.54, 1.807) is 0 Å². The van der Waals surface area contributed by atoms with Crippen molar-refractivity contribution in [2.45, 2.75) is 110 Å². The summed E-state index contributed by atoms with van der Waals surface area (Å²) in [5.74, 6) is 0. The van der Waals surface area contributed by atoms with Gasteiger partial charge in [0.25, 0.3) is 0 Å². The highest BCUT2D eigenvalue weighted by atomic mass is 79.9. The van der Waals surface area contributed by atoms with Gasteiger partial charge in [-0.3, -0.25) is 0 Å². The Kier molecular flexibility index (Phi) is 19.9. The molecule has 0 aliphatic rings. The summed E-state index contributed by atoms with van der Waals surface area (Å²) in [5.41, 5.74) is 0. The van der Waals surface area contributed by atoms with Crippen molar-refractivity contribution in [2.75, 3.05) is 5.33 Å². The van der Waals surface area contributed by atoms with E-state index >= 15 is 0 Å². The van der Waals surface area contributed by atoms with Crippen LogP contribution in [0.1, 0.15) is 110 Å². The summed E-state index contributed by atoms with van der Waals surface area (Å²) in [6.07, 6.45) is 25.3. The molecule has 1 heteroatoms. The Morgan fingerprint density at radius 3 is 1.40 bits per heavy atom. The molecule has 0 fully saturated rings. The molecular weight excluding hydrogens is 308 g/mol. The standard InChI is InChI=1S/C19H38Br/c1-2-3-4-5-6-7-8-9-10-11-12-13-14-15-16-17-18-19-20/h10H,2-9,11-19H2,1H3. The number of rotatable bonds is 17. The van der Waals surface area contributed by atoms with Crippen molar-refractivity contribution >= 4 is 15.9 Å². The van der Waals surface area contributed by atoms with E-state index < -0.39 is 0 Å². The summed E-state index contributed by atoms with van der Waals surface area (Å²) in [7, 11) is 0. The minimum Gasteiger partial charge on any atom is -0.0928 e. The van der Waals surface area contributed by atoms with Crippen LogP contribution in [-0.4, -0.2) is 5.33 Å². The van der Waals surface area contributed by atoms with E-state index in [-0.39, 0.29) is 0 Å². The fourth-order valence-electron chi connectivity index (χ4n) is 2.66. The van der Waals surface area contributed by atoms with Crippen LogP contribution >= 0.6 is 15.9 Å². The molecule has 0 heterocycles. The average Bonchev–Trinajstić information content (AvgIpc) is 2.47. The van der Waals surface area contributed by atoms with Crippen LogP contribution < -0.4 is 0 Å². The van der Waals surface area contributed by atoms with Gasteiger partial charge < -0.3 is 0 Å². The maximum atomic E-state index is 3.49. The highest BCUT2D eigenvalue weighted by Crippen LogP contribution is 2.13. The molecule has 0 nitrogen and oxygen atoms in total. The Hall–Kier alpha value is 0.480. The third-order valence-corrected chi connectivity index (χ3v) is 4.61. The molecule has 20 heavy (non-hydrogen) atoms. The zero-order chi connectivity index (χ0) is 14.7. The van der Waals surface area contributed by atoms with Gasteiger partial charge in [0, 0.05) is 5.33 Å². The first-order chi connectivity index (χ1) is 9.91. The Morgan fingerprint density at radius 2 is 0.950 bits per heavy atom. The van der Waals surface area contributed by atoms with Crippen LogP contribution in [0.4, 0.5) is 0 Å². The van der Waals surface area contributed by atoms with E-state index in [2.05, 4.69) is 29.3 Å². The minimum atomic E-state index is 1.18. The zero-order valence-electron chi connectivity index (χ0n) is 14.0. The Bertz CT molecular complexity index is 138. The first kappa shape index (κ1) is 20.5. The SMILES string of the molecule is CCCCCCCCC[CH]CCCCCCCCCBr. The van der Waals surface area contributed by atoms with Gasteiger partial charge in [0.15, 0.2) is 0 Å². The number of hydrogen-bond acceptors (Lipinski definition) is 0. The van der Waals surface area contributed by atoms with E-state index in [1.165, 1.54) is 108 Å². The molecule has 0 aromatic heterocycles. The van der Waals surface area contributed by atoms with Gasteiger partial charge in [-0.15, -0.1) is 0 Å². The van der Waals surface area contributed by atoms with Crippen LogP contribution in [0.3, 0.4) is 0 Å². The van der Waals surface area contributed by atoms with E-state index in [0.29, 0.717) is 0 Å². The molecule has 0 saturated carbocycles. The summed E-state index contributed by atoms with van der Waals surface area (Å²) in [6, 6.07) is 0. The second kappa shape index (κ2) is 19.5. The molecule has 0 spiro atoms. The molecule has 0 aromatic rings. The van der Waals surface area contributed by atoms with Gasteiger partial charge >= 0.3 is 0 Å². The van der Waals surface area contributed by atoms with E-state index in [4.69, 9.17) is 0 Å². The smallest absolute Gasteiger partial charge is 0.00313 e. The van der Waals surface area contributed by atoms with Crippen molar-refractivity contribution in [3.05, 3.63) is 6.42 Å². The molecule has 0 saturated heterocycles. The molecule has 1 radical (unpaired) electrons. The van der Waals surface area contributed by atoms with Gasteiger partial charge in [0.2, 0.25) is 0 Å². The molecule has 0 aliphatic carbocycles. The second-order valence-corrected chi connectivity index (χ2v) is 6.94. The molecule has 0 unspecified atom stereocenters. The van der Waals surface area contributed by atoms with Crippen LogP contribution in [0, 0.1) is 6.42 Å². The predicted octanol–water partition coefficient (Wildman–Crippen LogP) is 7.85. The van der Waals surface area contributed by atoms with E-state index in [1.807, 2.05) is 0 Å². The maximum absolute atomic E-state index is 3.49. The van der Waals surface area contributed by atoms with Crippen LogP contribution in [-0.2, 0) is 0 Å². The largest absolute Gasteiger partial charge is 0.0928 e. The maximum Gasteiger partial charge on any atom is 0.00313 e. The molecule has 121 valence electrons. The normalized spacial score (nSPS) is 11.1. The third kappa shape index (κ3) is 18.5. The van der Waals surface area contributed by atoms with Crippen molar-refractivity contribution in [3.8, 4) is 0 Å². The molecular formula is C19H38Br. The molecule has 0 N–H and O–H groups in total. The summed E-state index contributed by atoms with van der Waals surface area (Å²) in [5, 5.41) is 1.18. The lowest BCUT2D eigenvalue weighted by molar-refractivity contribution is 0.569. The van der Waals surface area contributed by atoms with Gasteiger partial charge in [-0.25, -0.2) is 0 Å². The summed E-state index contributed by atoms with van der Waals surface area (Å²) in [4.78, 5) is 0. The molecule has 0 rings (SSSR count). The monoisotopic (exact) mass is 345 g/mol. The first-order valence-electron chi connectivity index (χ1n) is 9.29. The Morgan fingerprint density at radius 1 is 0.550 bits per heavy atom. The summed E-state index contributed by atoms with van der Waals surface area (Å²) in [6.45, 7) is 2.29. The van der Waals surface area contributed by atoms with Crippen LogP contribution in [0.2, 0.25) is 0 Å². The van der Waals surface area contributed by atoms with Gasteiger partial charge in [-0.2, -0.15) is 0 Å². The molecule has 0 amide bonds. The fraction of sp³-hybridized carbons (Fsp3) is 0.947. The highest BCUT2D eigenvalue weighted by molar-refractivity contribution is 9.09.